The minimum absolute atomic E-state index is 0.0205. The van der Waals surface area contributed by atoms with Crippen molar-refractivity contribution in [1.29, 1.82) is 0 Å². The van der Waals surface area contributed by atoms with E-state index in [1.54, 1.807) is 42.5 Å². The first-order valence-electron chi connectivity index (χ1n) is 13.0. The second kappa shape index (κ2) is 14.0. The molecule has 0 aliphatic rings. The molecule has 10 heteroatoms. The van der Waals surface area contributed by atoms with Crippen LogP contribution >= 0.6 is 23.2 Å². The van der Waals surface area contributed by atoms with Gasteiger partial charge in [0.25, 0.3) is 0 Å². The van der Waals surface area contributed by atoms with Crippen LogP contribution in [0.4, 0.5) is 5.69 Å². The van der Waals surface area contributed by atoms with Crippen molar-refractivity contribution >= 4 is 50.7 Å². The number of hydrogen-bond acceptors (Lipinski definition) is 4. The first-order chi connectivity index (χ1) is 18.9. The minimum atomic E-state index is -3.83. The van der Waals surface area contributed by atoms with Gasteiger partial charge in [-0.1, -0.05) is 84.2 Å². The van der Waals surface area contributed by atoms with Crippen LogP contribution < -0.4 is 9.62 Å². The van der Waals surface area contributed by atoms with Gasteiger partial charge in [-0.3, -0.25) is 13.9 Å². The minimum Gasteiger partial charge on any atom is -0.352 e. The molecule has 214 valence electrons. The lowest BCUT2D eigenvalue weighted by atomic mass is 10.0. The van der Waals surface area contributed by atoms with Crippen LogP contribution in [0.2, 0.25) is 10.0 Å². The van der Waals surface area contributed by atoms with Crippen molar-refractivity contribution in [3.05, 3.63) is 99.5 Å². The number of rotatable bonds is 12. The highest BCUT2D eigenvalue weighted by molar-refractivity contribution is 7.92. The number of anilines is 1. The Kier molecular flexibility index (Phi) is 11.0. The number of nitrogens with zero attached hydrogens (tertiary/aromatic N) is 2. The molecule has 0 heterocycles. The molecule has 2 amide bonds. The van der Waals surface area contributed by atoms with Gasteiger partial charge in [-0.2, -0.15) is 0 Å². The van der Waals surface area contributed by atoms with E-state index < -0.39 is 28.5 Å². The number of sulfonamides is 1. The van der Waals surface area contributed by atoms with Crippen LogP contribution in [-0.4, -0.2) is 50.0 Å². The fourth-order valence-corrected chi connectivity index (χ4v) is 5.32. The van der Waals surface area contributed by atoms with E-state index in [-0.39, 0.29) is 24.9 Å². The van der Waals surface area contributed by atoms with Gasteiger partial charge in [-0.25, -0.2) is 8.42 Å². The normalized spacial score (nSPS) is 12.8. The molecular weight excluding hydrogens is 569 g/mol. The monoisotopic (exact) mass is 603 g/mol. The van der Waals surface area contributed by atoms with Crippen LogP contribution in [0.1, 0.15) is 37.0 Å². The molecule has 0 spiro atoms. The summed E-state index contributed by atoms with van der Waals surface area (Å²) in [5.74, 6) is -0.856. The predicted octanol–water partition coefficient (Wildman–Crippen LogP) is 5.62. The zero-order valence-electron chi connectivity index (χ0n) is 23.1. The highest BCUT2D eigenvalue weighted by atomic mass is 35.5. The molecule has 40 heavy (non-hydrogen) atoms. The van der Waals surface area contributed by atoms with Crippen LogP contribution in [0.5, 0.6) is 0 Å². The molecule has 0 radical (unpaired) electrons. The van der Waals surface area contributed by atoms with E-state index in [1.807, 2.05) is 51.1 Å². The molecule has 0 aromatic heterocycles. The van der Waals surface area contributed by atoms with Gasteiger partial charge in [0.1, 0.15) is 12.6 Å². The Balaban J connectivity index is 2.07. The number of hydrogen-bond donors (Lipinski definition) is 1. The Bertz CT molecular complexity index is 1420. The third-order valence-electron chi connectivity index (χ3n) is 6.61. The molecule has 3 aromatic carbocycles. The van der Waals surface area contributed by atoms with Crippen LogP contribution in [0.25, 0.3) is 0 Å². The third-order valence-corrected chi connectivity index (χ3v) is 8.49. The van der Waals surface area contributed by atoms with Crippen LogP contribution in [0.3, 0.4) is 0 Å². The number of aryl methyl sites for hydroxylation is 1. The Hall–Kier alpha value is -3.07. The first kappa shape index (κ1) is 31.5. The Morgan fingerprint density at radius 3 is 2.15 bits per heavy atom. The summed E-state index contributed by atoms with van der Waals surface area (Å²) in [6.45, 7) is 5.29. The molecule has 0 fully saturated rings. The number of amides is 2. The van der Waals surface area contributed by atoms with Crippen LogP contribution in [-0.2, 0) is 32.6 Å². The summed E-state index contributed by atoms with van der Waals surface area (Å²) < 4.78 is 26.7. The second-order valence-corrected chi connectivity index (χ2v) is 12.6. The number of halogens is 2. The van der Waals surface area contributed by atoms with Crippen molar-refractivity contribution in [3.8, 4) is 0 Å². The van der Waals surface area contributed by atoms with Gasteiger partial charge in [-0.15, -0.1) is 0 Å². The zero-order valence-corrected chi connectivity index (χ0v) is 25.4. The molecule has 0 aliphatic heterocycles. The molecule has 1 N–H and O–H groups in total. The maximum Gasteiger partial charge on any atom is 0.244 e. The van der Waals surface area contributed by atoms with Gasteiger partial charge in [0.05, 0.1) is 22.0 Å². The van der Waals surface area contributed by atoms with Crippen molar-refractivity contribution < 1.29 is 18.0 Å². The molecule has 0 aliphatic carbocycles. The average Bonchev–Trinajstić information content (AvgIpc) is 2.91. The topological polar surface area (TPSA) is 86.8 Å². The van der Waals surface area contributed by atoms with E-state index in [4.69, 9.17) is 23.2 Å². The van der Waals surface area contributed by atoms with E-state index >= 15 is 0 Å². The molecule has 7 nitrogen and oxygen atoms in total. The fraction of sp³-hybridized carbons (Fsp3) is 0.333. The van der Waals surface area contributed by atoms with E-state index in [9.17, 15) is 18.0 Å². The summed E-state index contributed by atoms with van der Waals surface area (Å²) in [6, 6.07) is 20.2. The van der Waals surface area contributed by atoms with Gasteiger partial charge in [-0.05, 0) is 55.7 Å². The van der Waals surface area contributed by atoms with Crippen molar-refractivity contribution in [1.82, 2.24) is 10.2 Å². The van der Waals surface area contributed by atoms with Gasteiger partial charge >= 0.3 is 0 Å². The summed E-state index contributed by atoms with van der Waals surface area (Å²) in [5, 5.41) is 3.68. The summed E-state index contributed by atoms with van der Waals surface area (Å²) in [6.07, 6.45) is 2.00. The largest absolute Gasteiger partial charge is 0.352 e. The zero-order chi connectivity index (χ0) is 29.4. The molecule has 2 atom stereocenters. The molecule has 0 saturated carbocycles. The number of carbonyl (C=O) groups is 2. The number of benzene rings is 3. The van der Waals surface area contributed by atoms with E-state index in [0.29, 0.717) is 27.7 Å². The van der Waals surface area contributed by atoms with E-state index in [2.05, 4.69) is 5.32 Å². The SMILES string of the molecule is CC[C@H](C)NC(=O)[C@@H](Cc1ccccc1)N(Cc1ccc(Cl)c(Cl)c1)C(=O)CN(c1ccc(C)cc1)S(C)(=O)=O. The molecule has 0 unspecified atom stereocenters. The van der Waals surface area contributed by atoms with Crippen molar-refractivity contribution in [2.75, 3.05) is 17.1 Å². The van der Waals surface area contributed by atoms with Crippen molar-refractivity contribution in [2.24, 2.45) is 0 Å². The Labute approximate surface area is 247 Å². The van der Waals surface area contributed by atoms with Gasteiger partial charge in [0.2, 0.25) is 21.8 Å². The second-order valence-electron chi connectivity index (χ2n) is 9.90. The maximum atomic E-state index is 14.1. The quantitative estimate of drug-likeness (QED) is 0.291. The lowest BCUT2D eigenvalue weighted by molar-refractivity contribution is -0.140. The Morgan fingerprint density at radius 1 is 0.925 bits per heavy atom. The summed E-state index contributed by atoms with van der Waals surface area (Å²) in [4.78, 5) is 29.2. The Morgan fingerprint density at radius 2 is 1.57 bits per heavy atom. The summed E-state index contributed by atoms with van der Waals surface area (Å²) in [5.41, 5.74) is 2.82. The lowest BCUT2D eigenvalue weighted by Crippen LogP contribution is -2.54. The average molecular weight is 605 g/mol. The molecule has 3 rings (SSSR count). The maximum absolute atomic E-state index is 14.1. The highest BCUT2D eigenvalue weighted by Crippen LogP contribution is 2.25. The first-order valence-corrected chi connectivity index (χ1v) is 15.6. The van der Waals surface area contributed by atoms with Crippen LogP contribution in [0.15, 0.2) is 72.8 Å². The standard InChI is InChI=1S/C30H35Cl2N3O4S/c1-5-22(3)33-30(37)28(18-23-9-7-6-8-10-23)34(19-24-13-16-26(31)27(32)17-24)29(36)20-35(40(4,38)39)25-14-11-21(2)12-15-25/h6-17,22,28H,5,18-20H2,1-4H3,(H,33,37)/t22-,28+/m0/s1. The third kappa shape index (κ3) is 8.71. The molecular formula is C30H35Cl2N3O4S. The molecule has 0 bridgehead atoms. The molecule has 3 aromatic rings. The predicted molar refractivity (Wildman–Crippen MR) is 162 cm³/mol. The van der Waals surface area contributed by atoms with Gasteiger partial charge in [0.15, 0.2) is 0 Å². The summed E-state index contributed by atoms with van der Waals surface area (Å²) >= 11 is 12.4. The van der Waals surface area contributed by atoms with Crippen molar-refractivity contribution in [3.63, 3.8) is 0 Å². The fourth-order valence-electron chi connectivity index (χ4n) is 4.15. The smallest absolute Gasteiger partial charge is 0.244 e. The lowest BCUT2D eigenvalue weighted by Gasteiger charge is -2.34. The van der Waals surface area contributed by atoms with E-state index in [0.717, 1.165) is 21.7 Å². The van der Waals surface area contributed by atoms with Crippen LogP contribution in [0, 0.1) is 6.92 Å². The van der Waals surface area contributed by atoms with Crippen molar-refractivity contribution in [2.45, 2.75) is 52.2 Å². The van der Waals surface area contributed by atoms with Gasteiger partial charge < -0.3 is 10.2 Å². The number of nitrogens with one attached hydrogen (secondary N) is 1. The van der Waals surface area contributed by atoms with Gasteiger partial charge in [0, 0.05) is 19.0 Å². The summed E-state index contributed by atoms with van der Waals surface area (Å²) in [7, 11) is -3.83. The highest BCUT2D eigenvalue weighted by Gasteiger charge is 2.33. The molecule has 0 saturated heterocycles. The van der Waals surface area contributed by atoms with E-state index in [1.165, 1.54) is 4.90 Å². The number of carbonyl (C=O) groups excluding carboxylic acids is 2.